The SMILES string of the molecule is C=C(c1c(C)[nH]c2ccc(C)c(CC)c12)c1c(C)[nH]c2ccc(C)c(CC)c12. The third-order valence-electron chi connectivity index (χ3n) is 6.30. The molecule has 0 aliphatic heterocycles. The van der Waals surface area contributed by atoms with Crippen molar-refractivity contribution in [3.63, 3.8) is 0 Å². The second-order valence-electron chi connectivity index (χ2n) is 8.00. The van der Waals surface area contributed by atoms with Gasteiger partial charge in [0, 0.05) is 44.3 Å². The van der Waals surface area contributed by atoms with Gasteiger partial charge < -0.3 is 9.97 Å². The summed E-state index contributed by atoms with van der Waals surface area (Å²) in [4.78, 5) is 7.22. The van der Waals surface area contributed by atoms with Crippen LogP contribution in [0.15, 0.2) is 30.8 Å². The molecule has 4 rings (SSSR count). The van der Waals surface area contributed by atoms with Crippen molar-refractivity contribution in [1.29, 1.82) is 0 Å². The molecule has 0 unspecified atom stereocenters. The zero-order valence-electron chi connectivity index (χ0n) is 17.9. The molecule has 0 saturated heterocycles. The molecule has 0 bridgehead atoms. The Morgan fingerprint density at radius 3 is 1.46 bits per heavy atom. The van der Waals surface area contributed by atoms with Gasteiger partial charge in [0.05, 0.1) is 0 Å². The molecule has 2 N–H and O–H groups in total. The minimum Gasteiger partial charge on any atom is -0.358 e. The maximum atomic E-state index is 4.63. The Labute approximate surface area is 167 Å². The van der Waals surface area contributed by atoms with E-state index in [9.17, 15) is 0 Å². The predicted molar refractivity (Wildman–Crippen MR) is 122 cm³/mol. The molecule has 0 aliphatic carbocycles. The maximum absolute atomic E-state index is 4.63. The van der Waals surface area contributed by atoms with Crippen LogP contribution in [0.1, 0.15) is 58.6 Å². The highest BCUT2D eigenvalue weighted by Gasteiger charge is 2.22. The van der Waals surface area contributed by atoms with Crippen molar-refractivity contribution in [2.45, 2.75) is 54.4 Å². The van der Waals surface area contributed by atoms with Crippen LogP contribution in [0.2, 0.25) is 0 Å². The van der Waals surface area contributed by atoms with Crippen LogP contribution in [0.3, 0.4) is 0 Å². The molecule has 144 valence electrons. The number of rotatable bonds is 4. The molecule has 0 aliphatic rings. The van der Waals surface area contributed by atoms with Crippen molar-refractivity contribution in [1.82, 2.24) is 9.97 Å². The van der Waals surface area contributed by atoms with Crippen LogP contribution in [0.25, 0.3) is 27.4 Å². The molecule has 0 amide bonds. The van der Waals surface area contributed by atoms with Gasteiger partial charge in [0.2, 0.25) is 0 Å². The number of hydrogen-bond acceptors (Lipinski definition) is 0. The molecule has 0 atom stereocenters. The van der Waals surface area contributed by atoms with Gasteiger partial charge in [-0.3, -0.25) is 0 Å². The third kappa shape index (κ3) is 2.55. The number of aromatic nitrogens is 2. The normalized spacial score (nSPS) is 11.6. The van der Waals surface area contributed by atoms with Gasteiger partial charge >= 0.3 is 0 Å². The summed E-state index contributed by atoms with van der Waals surface area (Å²) < 4.78 is 0. The zero-order valence-corrected chi connectivity index (χ0v) is 17.9. The van der Waals surface area contributed by atoms with E-state index in [2.05, 4.69) is 82.4 Å². The van der Waals surface area contributed by atoms with Gasteiger partial charge in [0.1, 0.15) is 0 Å². The Kier molecular flexibility index (Phi) is 4.45. The van der Waals surface area contributed by atoms with E-state index in [1.165, 1.54) is 66.6 Å². The highest BCUT2D eigenvalue weighted by atomic mass is 14.7. The second-order valence-corrected chi connectivity index (χ2v) is 8.00. The van der Waals surface area contributed by atoms with Crippen LogP contribution in [0, 0.1) is 27.7 Å². The van der Waals surface area contributed by atoms with Crippen LogP contribution in [0.5, 0.6) is 0 Å². The lowest BCUT2D eigenvalue weighted by molar-refractivity contribution is 1.13. The van der Waals surface area contributed by atoms with E-state index >= 15 is 0 Å². The van der Waals surface area contributed by atoms with Crippen LogP contribution in [0.4, 0.5) is 0 Å². The van der Waals surface area contributed by atoms with Gasteiger partial charge in [-0.1, -0.05) is 32.6 Å². The summed E-state index contributed by atoms with van der Waals surface area (Å²) in [7, 11) is 0. The molecule has 2 aromatic heterocycles. The molecular weight excluding hydrogens is 340 g/mol. The molecule has 2 heteroatoms. The molecule has 0 radical (unpaired) electrons. The molecule has 2 aromatic carbocycles. The first-order valence-electron chi connectivity index (χ1n) is 10.3. The Morgan fingerprint density at radius 2 is 1.11 bits per heavy atom. The lowest BCUT2D eigenvalue weighted by atomic mass is 9.89. The Hall–Kier alpha value is -2.74. The van der Waals surface area contributed by atoms with Gasteiger partial charge in [-0.25, -0.2) is 0 Å². The third-order valence-corrected chi connectivity index (χ3v) is 6.30. The van der Waals surface area contributed by atoms with E-state index in [0.717, 1.165) is 18.4 Å². The lowest BCUT2D eigenvalue weighted by Crippen LogP contribution is -1.95. The highest BCUT2D eigenvalue weighted by Crippen LogP contribution is 2.40. The number of H-pyrrole nitrogens is 2. The van der Waals surface area contributed by atoms with Crippen molar-refractivity contribution in [3.05, 3.63) is 75.6 Å². The van der Waals surface area contributed by atoms with Crippen LogP contribution >= 0.6 is 0 Å². The van der Waals surface area contributed by atoms with Crippen molar-refractivity contribution in [3.8, 4) is 0 Å². The minimum absolute atomic E-state index is 1.02. The maximum Gasteiger partial charge on any atom is 0.0465 e. The number of benzene rings is 2. The van der Waals surface area contributed by atoms with Crippen molar-refractivity contribution < 1.29 is 0 Å². The fourth-order valence-electron chi connectivity index (χ4n) is 4.98. The van der Waals surface area contributed by atoms with Crippen LogP contribution in [-0.2, 0) is 12.8 Å². The summed E-state index contributed by atoms with van der Waals surface area (Å²) in [5.41, 5.74) is 14.0. The summed E-state index contributed by atoms with van der Waals surface area (Å²) in [6.45, 7) is 17.9. The van der Waals surface area contributed by atoms with Gasteiger partial charge in [0.25, 0.3) is 0 Å². The van der Waals surface area contributed by atoms with Crippen LogP contribution < -0.4 is 0 Å². The molecule has 4 aromatic rings. The summed E-state index contributed by atoms with van der Waals surface area (Å²) in [6.07, 6.45) is 2.04. The number of nitrogens with one attached hydrogen (secondary N) is 2. The molecule has 0 spiro atoms. The molecule has 0 saturated carbocycles. The van der Waals surface area contributed by atoms with Crippen LogP contribution in [-0.4, -0.2) is 9.97 Å². The Morgan fingerprint density at radius 1 is 0.714 bits per heavy atom. The summed E-state index contributed by atoms with van der Waals surface area (Å²) >= 11 is 0. The fourth-order valence-corrected chi connectivity index (χ4v) is 4.98. The zero-order chi connectivity index (χ0) is 20.2. The van der Waals surface area contributed by atoms with Gasteiger partial charge in [0.15, 0.2) is 0 Å². The largest absolute Gasteiger partial charge is 0.358 e. The van der Waals surface area contributed by atoms with E-state index in [1.54, 1.807) is 0 Å². The Balaban J connectivity index is 2.07. The van der Waals surface area contributed by atoms with E-state index in [4.69, 9.17) is 0 Å². The monoisotopic (exact) mass is 370 g/mol. The Bertz CT molecular complexity index is 1140. The standard InChI is InChI=1S/C26H30N2/c1-8-19-14(3)10-12-21-25(19)23(17(6)27-21)16(5)24-18(7)28-22-13-11-15(4)20(9-2)26(22)24/h10-13,27-28H,5,8-9H2,1-4,6-7H3. The number of aromatic amines is 2. The predicted octanol–water partition coefficient (Wildman–Crippen LogP) is 7.07. The molecule has 2 heterocycles. The number of hydrogen-bond donors (Lipinski definition) is 2. The summed E-state index contributed by atoms with van der Waals surface area (Å²) in [6, 6.07) is 8.85. The average Bonchev–Trinajstić information content (AvgIpc) is 3.17. The first kappa shape index (κ1) is 18.6. The quantitative estimate of drug-likeness (QED) is 0.385. The molecule has 0 fully saturated rings. The van der Waals surface area contributed by atoms with E-state index in [1.807, 2.05) is 0 Å². The summed E-state index contributed by atoms with van der Waals surface area (Å²) in [5.74, 6) is 0. The van der Waals surface area contributed by atoms with Crippen molar-refractivity contribution >= 4 is 27.4 Å². The minimum atomic E-state index is 1.02. The smallest absolute Gasteiger partial charge is 0.0465 e. The average molecular weight is 371 g/mol. The first-order chi connectivity index (χ1) is 13.4. The van der Waals surface area contributed by atoms with Gasteiger partial charge in [-0.2, -0.15) is 0 Å². The van der Waals surface area contributed by atoms with Crippen molar-refractivity contribution in [2.75, 3.05) is 0 Å². The van der Waals surface area contributed by atoms with E-state index in [0.29, 0.717) is 0 Å². The van der Waals surface area contributed by atoms with Gasteiger partial charge in [-0.05, 0) is 80.5 Å². The second kappa shape index (κ2) is 6.70. The molecule has 28 heavy (non-hydrogen) atoms. The van der Waals surface area contributed by atoms with Crippen molar-refractivity contribution in [2.24, 2.45) is 0 Å². The molecular formula is C26H30N2. The highest BCUT2D eigenvalue weighted by molar-refractivity contribution is 6.06. The number of aryl methyl sites for hydroxylation is 6. The van der Waals surface area contributed by atoms with Gasteiger partial charge in [-0.15, -0.1) is 0 Å². The first-order valence-corrected chi connectivity index (χ1v) is 10.3. The van der Waals surface area contributed by atoms with E-state index in [-0.39, 0.29) is 0 Å². The molecule has 2 nitrogen and oxygen atoms in total. The fraction of sp³-hybridized carbons (Fsp3) is 0.308. The number of fused-ring (bicyclic) bond motifs is 2. The summed E-state index contributed by atoms with van der Waals surface area (Å²) in [5, 5.41) is 2.67. The van der Waals surface area contributed by atoms with E-state index < -0.39 is 0 Å². The topological polar surface area (TPSA) is 31.6 Å². The lowest BCUT2D eigenvalue weighted by Gasteiger charge is -2.13.